The second kappa shape index (κ2) is 10.0. The number of hydrogen-bond donors (Lipinski definition) is 2. The van der Waals surface area contributed by atoms with Gasteiger partial charge in [0.1, 0.15) is 0 Å². The summed E-state index contributed by atoms with van der Waals surface area (Å²) in [4.78, 5) is 25.2. The van der Waals surface area contributed by atoms with Crippen molar-refractivity contribution in [3.63, 3.8) is 0 Å². The third kappa shape index (κ3) is 5.56. The van der Waals surface area contributed by atoms with Crippen LogP contribution in [0.1, 0.15) is 62.7 Å². The van der Waals surface area contributed by atoms with Gasteiger partial charge < -0.3 is 10.1 Å². The Morgan fingerprint density at radius 1 is 0.973 bits per heavy atom. The lowest BCUT2D eigenvalue weighted by molar-refractivity contribution is -0.123. The summed E-state index contributed by atoms with van der Waals surface area (Å²) in [6.45, 7) is 3.45. The van der Waals surface area contributed by atoms with E-state index >= 15 is 0 Å². The molecule has 2 aromatic carbocycles. The highest BCUT2D eigenvalue weighted by Crippen LogP contribution is 2.61. The standard InChI is InChI=1S/C28H33ClN2O5S/c1-17(26(32)30-24-8-6-23(29)7-9-24)36-27(33)22-4-3-5-25(13-22)37(34,35)31-18(2)28-14-19-10-20(15-28)12-21(11-19)16-28/h3-9,13,17-21,31H,10-12,14-16H2,1-2H3,(H,30,32)/t17-,18-,19?,20?,21?,28?/m1/s1. The number of ether oxygens (including phenoxy) is 1. The average molecular weight is 545 g/mol. The van der Waals surface area contributed by atoms with Gasteiger partial charge in [0.25, 0.3) is 5.91 Å². The fourth-order valence-electron chi connectivity index (χ4n) is 6.98. The number of amides is 1. The molecule has 2 aromatic rings. The molecule has 0 aliphatic heterocycles. The van der Waals surface area contributed by atoms with Crippen molar-refractivity contribution in [2.45, 2.75) is 69.4 Å². The van der Waals surface area contributed by atoms with Crippen LogP contribution in [0.2, 0.25) is 5.02 Å². The van der Waals surface area contributed by atoms with Crippen LogP contribution in [0.25, 0.3) is 0 Å². The van der Waals surface area contributed by atoms with Gasteiger partial charge in [0, 0.05) is 16.8 Å². The summed E-state index contributed by atoms with van der Waals surface area (Å²) in [7, 11) is -3.85. The van der Waals surface area contributed by atoms with E-state index in [1.807, 2.05) is 6.92 Å². The maximum Gasteiger partial charge on any atom is 0.338 e. The zero-order valence-corrected chi connectivity index (χ0v) is 22.6. The van der Waals surface area contributed by atoms with Gasteiger partial charge in [-0.15, -0.1) is 0 Å². The van der Waals surface area contributed by atoms with Crippen molar-refractivity contribution in [1.29, 1.82) is 0 Å². The third-order valence-electron chi connectivity index (χ3n) is 8.48. The lowest BCUT2D eigenvalue weighted by Crippen LogP contribution is -2.55. The zero-order chi connectivity index (χ0) is 26.4. The first-order valence-corrected chi connectivity index (χ1v) is 14.8. The van der Waals surface area contributed by atoms with Crippen LogP contribution in [0, 0.1) is 23.2 Å². The highest BCUT2D eigenvalue weighted by atomic mass is 35.5. The van der Waals surface area contributed by atoms with Crippen molar-refractivity contribution in [3.8, 4) is 0 Å². The molecule has 0 heterocycles. The largest absolute Gasteiger partial charge is 0.449 e. The fraction of sp³-hybridized carbons (Fsp3) is 0.500. The highest BCUT2D eigenvalue weighted by molar-refractivity contribution is 7.89. The fourth-order valence-corrected chi connectivity index (χ4v) is 8.50. The molecule has 4 saturated carbocycles. The number of halogens is 1. The minimum atomic E-state index is -3.85. The number of benzene rings is 2. The number of nitrogens with one attached hydrogen (secondary N) is 2. The maximum atomic E-state index is 13.3. The maximum absolute atomic E-state index is 13.3. The number of hydrogen-bond acceptors (Lipinski definition) is 5. The predicted octanol–water partition coefficient (Wildman–Crippen LogP) is 5.41. The summed E-state index contributed by atoms with van der Waals surface area (Å²) in [5.41, 5.74) is 0.603. The molecule has 4 aliphatic carbocycles. The molecular weight excluding hydrogens is 512 g/mol. The van der Waals surface area contributed by atoms with Gasteiger partial charge in [-0.05, 0) is 118 Å². The molecule has 2 atom stereocenters. The summed E-state index contributed by atoms with van der Waals surface area (Å²) in [5.74, 6) is 0.871. The predicted molar refractivity (Wildman–Crippen MR) is 142 cm³/mol. The molecule has 0 radical (unpaired) electrons. The first kappa shape index (κ1) is 26.2. The lowest BCUT2D eigenvalue weighted by atomic mass is 9.48. The van der Waals surface area contributed by atoms with E-state index in [1.165, 1.54) is 50.5 Å². The summed E-state index contributed by atoms with van der Waals surface area (Å²) < 4.78 is 34.9. The monoisotopic (exact) mass is 544 g/mol. The van der Waals surface area contributed by atoms with Gasteiger partial charge in [-0.25, -0.2) is 17.9 Å². The van der Waals surface area contributed by atoms with Gasteiger partial charge in [0.2, 0.25) is 10.0 Å². The average Bonchev–Trinajstić information content (AvgIpc) is 2.84. The molecule has 1 amide bonds. The van der Waals surface area contributed by atoms with Crippen LogP contribution in [-0.4, -0.2) is 32.4 Å². The molecule has 37 heavy (non-hydrogen) atoms. The minimum absolute atomic E-state index is 0.0109. The second-order valence-electron chi connectivity index (χ2n) is 11.2. The molecule has 0 saturated heterocycles. The molecule has 0 spiro atoms. The number of anilines is 1. The van der Waals surface area contributed by atoms with Gasteiger partial charge in [-0.3, -0.25) is 4.79 Å². The van der Waals surface area contributed by atoms with Crippen molar-refractivity contribution in [3.05, 3.63) is 59.1 Å². The van der Waals surface area contributed by atoms with Crippen LogP contribution >= 0.6 is 11.6 Å². The zero-order valence-electron chi connectivity index (χ0n) is 21.1. The van der Waals surface area contributed by atoms with Crippen molar-refractivity contribution in [2.24, 2.45) is 23.2 Å². The van der Waals surface area contributed by atoms with Crippen molar-refractivity contribution < 1.29 is 22.7 Å². The number of carbonyl (C=O) groups is 2. The minimum Gasteiger partial charge on any atom is -0.449 e. The Bertz CT molecular complexity index is 1260. The van der Waals surface area contributed by atoms with E-state index in [-0.39, 0.29) is 21.9 Å². The van der Waals surface area contributed by atoms with E-state index in [1.54, 1.807) is 24.3 Å². The molecule has 6 rings (SSSR count). The van der Waals surface area contributed by atoms with E-state index in [2.05, 4.69) is 10.0 Å². The van der Waals surface area contributed by atoms with Gasteiger partial charge in [0.15, 0.2) is 6.10 Å². The van der Waals surface area contributed by atoms with E-state index in [4.69, 9.17) is 16.3 Å². The second-order valence-corrected chi connectivity index (χ2v) is 13.3. The highest BCUT2D eigenvalue weighted by Gasteiger charge is 2.53. The van der Waals surface area contributed by atoms with Crippen LogP contribution in [0.15, 0.2) is 53.4 Å². The van der Waals surface area contributed by atoms with E-state index in [0.717, 1.165) is 37.0 Å². The smallest absolute Gasteiger partial charge is 0.338 e. The number of esters is 1. The number of sulfonamides is 1. The Kier molecular flexibility index (Phi) is 7.11. The Hall–Kier alpha value is -2.42. The number of carbonyl (C=O) groups excluding carboxylic acids is 2. The topological polar surface area (TPSA) is 102 Å². The normalized spacial score (nSPS) is 27.9. The van der Waals surface area contributed by atoms with E-state index < -0.39 is 28.0 Å². The first-order valence-electron chi connectivity index (χ1n) is 12.9. The van der Waals surface area contributed by atoms with Crippen molar-refractivity contribution in [2.75, 3.05) is 5.32 Å². The molecular formula is C28H33ClN2O5S. The number of rotatable bonds is 8. The lowest BCUT2D eigenvalue weighted by Gasteiger charge is -2.59. The SMILES string of the molecule is C[C@@H](OC(=O)c1cccc(S(=O)(=O)N[C@H](C)C23CC4CC(CC(C4)C2)C3)c1)C(=O)Nc1ccc(Cl)cc1. The van der Waals surface area contributed by atoms with Gasteiger partial charge >= 0.3 is 5.97 Å². The van der Waals surface area contributed by atoms with E-state index in [0.29, 0.717) is 10.7 Å². The van der Waals surface area contributed by atoms with Crippen molar-refractivity contribution in [1.82, 2.24) is 4.72 Å². The van der Waals surface area contributed by atoms with Crippen molar-refractivity contribution >= 4 is 39.2 Å². The van der Waals surface area contributed by atoms with Crippen LogP contribution in [0.4, 0.5) is 5.69 Å². The molecule has 7 nitrogen and oxygen atoms in total. The molecule has 2 N–H and O–H groups in total. The van der Waals surface area contributed by atoms with Gasteiger partial charge in [0.05, 0.1) is 10.5 Å². The molecule has 0 unspecified atom stereocenters. The Morgan fingerprint density at radius 3 is 2.16 bits per heavy atom. The quantitative estimate of drug-likeness (QED) is 0.433. The molecule has 4 fully saturated rings. The van der Waals surface area contributed by atoms with Crippen LogP contribution in [-0.2, 0) is 19.6 Å². The Morgan fingerprint density at radius 2 is 1.57 bits per heavy atom. The summed E-state index contributed by atoms with van der Waals surface area (Å²) >= 11 is 5.86. The van der Waals surface area contributed by atoms with Crippen LogP contribution in [0.5, 0.6) is 0 Å². The molecule has 0 aromatic heterocycles. The summed E-state index contributed by atoms with van der Waals surface area (Å²) in [6.07, 6.45) is 6.05. The van der Waals surface area contributed by atoms with Crippen LogP contribution < -0.4 is 10.0 Å². The molecule has 9 heteroatoms. The Labute approximate surface area is 223 Å². The van der Waals surface area contributed by atoms with Crippen LogP contribution in [0.3, 0.4) is 0 Å². The van der Waals surface area contributed by atoms with E-state index in [9.17, 15) is 18.0 Å². The Balaban J connectivity index is 1.23. The summed E-state index contributed by atoms with van der Waals surface area (Å²) in [5, 5.41) is 3.19. The summed E-state index contributed by atoms with van der Waals surface area (Å²) in [6, 6.07) is 12.1. The third-order valence-corrected chi connectivity index (χ3v) is 10.3. The molecule has 4 bridgehead atoms. The first-order chi connectivity index (χ1) is 17.5. The van der Waals surface area contributed by atoms with Gasteiger partial charge in [-0.2, -0.15) is 0 Å². The molecule has 4 aliphatic rings. The van der Waals surface area contributed by atoms with Gasteiger partial charge in [-0.1, -0.05) is 17.7 Å². The molecule has 198 valence electrons.